The van der Waals surface area contributed by atoms with Crippen molar-refractivity contribution in [3.05, 3.63) is 35.1 Å². The standard InChI is InChI=1S/C11H14ClN3O/c1-2-3-4-5-14-11(16)8-6-10(12)15-7-9(8)13/h2-3,6-7H,4-5,13H2,1H3,(H,14,16)/b3-2+. The van der Waals surface area contributed by atoms with Crippen LogP contribution in [0.3, 0.4) is 0 Å². The van der Waals surface area contributed by atoms with Crippen LogP contribution in [0.2, 0.25) is 5.15 Å². The highest BCUT2D eigenvalue weighted by Crippen LogP contribution is 2.14. The van der Waals surface area contributed by atoms with Crippen LogP contribution in [0.5, 0.6) is 0 Å². The Balaban J connectivity index is 2.62. The molecule has 5 heteroatoms. The van der Waals surface area contributed by atoms with Gasteiger partial charge in [0.05, 0.1) is 17.4 Å². The van der Waals surface area contributed by atoms with Gasteiger partial charge in [-0.15, -0.1) is 0 Å². The summed E-state index contributed by atoms with van der Waals surface area (Å²) in [5.41, 5.74) is 6.31. The third kappa shape index (κ3) is 3.55. The van der Waals surface area contributed by atoms with Crippen LogP contribution in [-0.2, 0) is 0 Å². The molecule has 0 aromatic carbocycles. The maximum atomic E-state index is 11.7. The van der Waals surface area contributed by atoms with E-state index < -0.39 is 0 Å². The molecule has 4 nitrogen and oxygen atoms in total. The molecule has 0 fully saturated rings. The van der Waals surface area contributed by atoms with E-state index >= 15 is 0 Å². The van der Waals surface area contributed by atoms with Gasteiger partial charge in [0, 0.05) is 6.54 Å². The Kier molecular flexibility index (Phi) is 4.79. The lowest BCUT2D eigenvalue weighted by Crippen LogP contribution is -2.25. The van der Waals surface area contributed by atoms with Gasteiger partial charge >= 0.3 is 0 Å². The summed E-state index contributed by atoms with van der Waals surface area (Å²) in [4.78, 5) is 15.5. The summed E-state index contributed by atoms with van der Waals surface area (Å²) in [6.45, 7) is 2.50. The number of hydrogen-bond acceptors (Lipinski definition) is 3. The number of carbonyl (C=O) groups excluding carboxylic acids is 1. The molecule has 16 heavy (non-hydrogen) atoms. The van der Waals surface area contributed by atoms with E-state index in [-0.39, 0.29) is 11.1 Å². The molecule has 1 aromatic rings. The zero-order valence-electron chi connectivity index (χ0n) is 9.03. The summed E-state index contributed by atoms with van der Waals surface area (Å²) >= 11 is 5.69. The van der Waals surface area contributed by atoms with E-state index in [0.29, 0.717) is 17.8 Å². The fourth-order valence-corrected chi connectivity index (χ4v) is 1.33. The van der Waals surface area contributed by atoms with Crippen LogP contribution in [0, 0.1) is 0 Å². The fourth-order valence-electron chi connectivity index (χ4n) is 1.17. The molecule has 0 saturated heterocycles. The lowest BCUT2D eigenvalue weighted by Gasteiger charge is -2.06. The molecule has 0 unspecified atom stereocenters. The van der Waals surface area contributed by atoms with E-state index in [1.54, 1.807) is 0 Å². The summed E-state index contributed by atoms with van der Waals surface area (Å²) in [5.74, 6) is -0.230. The first-order valence-corrected chi connectivity index (χ1v) is 5.33. The molecule has 0 saturated carbocycles. The monoisotopic (exact) mass is 239 g/mol. The number of pyridine rings is 1. The molecule has 86 valence electrons. The minimum absolute atomic E-state index is 0.230. The van der Waals surface area contributed by atoms with Gasteiger partial charge in [-0.25, -0.2) is 4.98 Å². The Morgan fingerprint density at radius 2 is 2.44 bits per heavy atom. The van der Waals surface area contributed by atoms with Gasteiger partial charge in [0.25, 0.3) is 5.91 Å². The van der Waals surface area contributed by atoms with Gasteiger partial charge in [0.15, 0.2) is 0 Å². The fraction of sp³-hybridized carbons (Fsp3) is 0.273. The quantitative estimate of drug-likeness (QED) is 0.480. The summed E-state index contributed by atoms with van der Waals surface area (Å²) < 4.78 is 0. The Bertz CT molecular complexity index is 404. The first kappa shape index (κ1) is 12.5. The third-order valence-corrected chi connectivity index (χ3v) is 2.18. The second-order valence-electron chi connectivity index (χ2n) is 3.21. The Hall–Kier alpha value is -1.55. The van der Waals surface area contributed by atoms with Crippen LogP contribution in [0.4, 0.5) is 5.69 Å². The van der Waals surface area contributed by atoms with Crippen molar-refractivity contribution >= 4 is 23.2 Å². The minimum Gasteiger partial charge on any atom is -0.397 e. The summed E-state index contributed by atoms with van der Waals surface area (Å²) in [6.07, 6.45) is 6.08. The highest BCUT2D eigenvalue weighted by molar-refractivity contribution is 6.29. The van der Waals surface area contributed by atoms with Crippen molar-refractivity contribution in [2.75, 3.05) is 12.3 Å². The zero-order valence-corrected chi connectivity index (χ0v) is 9.79. The minimum atomic E-state index is -0.230. The van der Waals surface area contributed by atoms with Crippen molar-refractivity contribution in [2.24, 2.45) is 0 Å². The number of nitrogens with one attached hydrogen (secondary N) is 1. The summed E-state index contributed by atoms with van der Waals surface area (Å²) in [7, 11) is 0. The van der Waals surface area contributed by atoms with Gasteiger partial charge < -0.3 is 11.1 Å². The number of carbonyl (C=O) groups is 1. The van der Waals surface area contributed by atoms with Gasteiger partial charge in [-0.1, -0.05) is 23.8 Å². The highest BCUT2D eigenvalue weighted by Gasteiger charge is 2.09. The van der Waals surface area contributed by atoms with Crippen molar-refractivity contribution in [3.63, 3.8) is 0 Å². The Morgan fingerprint density at radius 3 is 3.12 bits per heavy atom. The SMILES string of the molecule is C/C=C/CCNC(=O)c1cc(Cl)ncc1N. The first-order chi connectivity index (χ1) is 7.65. The molecule has 0 radical (unpaired) electrons. The molecular formula is C11H14ClN3O. The molecule has 1 amide bonds. The van der Waals surface area contributed by atoms with Gasteiger partial charge in [0.1, 0.15) is 5.15 Å². The van der Waals surface area contributed by atoms with Crippen LogP contribution in [0.25, 0.3) is 0 Å². The van der Waals surface area contributed by atoms with Crippen molar-refractivity contribution in [3.8, 4) is 0 Å². The van der Waals surface area contributed by atoms with Crippen LogP contribution >= 0.6 is 11.6 Å². The molecule has 1 rings (SSSR count). The van der Waals surface area contributed by atoms with Crippen molar-refractivity contribution in [1.82, 2.24) is 10.3 Å². The zero-order chi connectivity index (χ0) is 12.0. The van der Waals surface area contributed by atoms with Gasteiger partial charge in [-0.2, -0.15) is 0 Å². The number of nitrogens with two attached hydrogens (primary N) is 1. The molecule has 1 aromatic heterocycles. The van der Waals surface area contributed by atoms with Crippen LogP contribution < -0.4 is 11.1 Å². The van der Waals surface area contributed by atoms with Crippen molar-refractivity contribution in [2.45, 2.75) is 13.3 Å². The lowest BCUT2D eigenvalue weighted by molar-refractivity contribution is 0.0955. The molecule has 1 heterocycles. The number of amides is 1. The molecular weight excluding hydrogens is 226 g/mol. The van der Waals surface area contributed by atoms with E-state index in [2.05, 4.69) is 10.3 Å². The van der Waals surface area contributed by atoms with Crippen LogP contribution in [0.15, 0.2) is 24.4 Å². The van der Waals surface area contributed by atoms with E-state index in [1.165, 1.54) is 12.3 Å². The van der Waals surface area contributed by atoms with E-state index in [0.717, 1.165) is 6.42 Å². The maximum absolute atomic E-state index is 11.7. The molecule has 0 aliphatic heterocycles. The van der Waals surface area contributed by atoms with Gasteiger partial charge in [0.2, 0.25) is 0 Å². The number of halogens is 1. The molecule has 0 atom stereocenters. The lowest BCUT2D eigenvalue weighted by atomic mass is 10.2. The number of nitrogens with zero attached hydrogens (tertiary/aromatic N) is 1. The third-order valence-electron chi connectivity index (χ3n) is 1.98. The number of nitrogen functional groups attached to an aromatic ring is 1. The smallest absolute Gasteiger partial charge is 0.253 e. The number of allylic oxidation sites excluding steroid dienone is 1. The number of aromatic nitrogens is 1. The van der Waals surface area contributed by atoms with Gasteiger partial charge in [-0.05, 0) is 19.4 Å². The predicted octanol–water partition coefficient (Wildman–Crippen LogP) is 2.01. The number of hydrogen-bond donors (Lipinski definition) is 2. The Morgan fingerprint density at radius 1 is 1.69 bits per heavy atom. The molecule has 3 N–H and O–H groups in total. The Labute approximate surface area is 99.5 Å². The normalized spacial score (nSPS) is 10.6. The number of anilines is 1. The molecule has 0 spiro atoms. The summed E-state index contributed by atoms with van der Waals surface area (Å²) in [5, 5.41) is 3.00. The van der Waals surface area contributed by atoms with E-state index in [4.69, 9.17) is 17.3 Å². The molecule has 0 bridgehead atoms. The number of rotatable bonds is 4. The topological polar surface area (TPSA) is 68.0 Å². The first-order valence-electron chi connectivity index (χ1n) is 4.95. The maximum Gasteiger partial charge on any atom is 0.253 e. The van der Waals surface area contributed by atoms with E-state index in [1.807, 2.05) is 19.1 Å². The second-order valence-corrected chi connectivity index (χ2v) is 3.60. The van der Waals surface area contributed by atoms with Gasteiger partial charge in [-0.3, -0.25) is 4.79 Å². The van der Waals surface area contributed by atoms with Crippen molar-refractivity contribution in [1.29, 1.82) is 0 Å². The van der Waals surface area contributed by atoms with Crippen LogP contribution in [0.1, 0.15) is 23.7 Å². The second kappa shape index (κ2) is 6.12. The predicted molar refractivity (Wildman–Crippen MR) is 65.4 cm³/mol. The molecule has 0 aliphatic carbocycles. The largest absolute Gasteiger partial charge is 0.397 e. The highest BCUT2D eigenvalue weighted by atomic mass is 35.5. The average molecular weight is 240 g/mol. The van der Waals surface area contributed by atoms with E-state index in [9.17, 15) is 4.79 Å². The van der Waals surface area contributed by atoms with Crippen LogP contribution in [-0.4, -0.2) is 17.4 Å². The summed E-state index contributed by atoms with van der Waals surface area (Å²) in [6, 6.07) is 1.46. The molecule has 0 aliphatic rings. The van der Waals surface area contributed by atoms with Crippen molar-refractivity contribution < 1.29 is 4.79 Å². The average Bonchev–Trinajstić information content (AvgIpc) is 2.27.